The van der Waals surface area contributed by atoms with Gasteiger partial charge >= 0.3 is 0 Å². The van der Waals surface area contributed by atoms with E-state index in [2.05, 4.69) is 10.3 Å². The van der Waals surface area contributed by atoms with Crippen molar-refractivity contribution < 1.29 is 4.79 Å². The van der Waals surface area contributed by atoms with Crippen LogP contribution in [0.4, 0.5) is 0 Å². The lowest BCUT2D eigenvalue weighted by molar-refractivity contribution is -0.115. The number of nitrogens with one attached hydrogen (secondary N) is 1. The maximum Gasteiger partial charge on any atom is 0.273 e. The first-order valence-electron chi connectivity index (χ1n) is 10.3. The average Bonchev–Trinajstić information content (AvgIpc) is 3.16. The number of aromatic nitrogens is 2. The van der Waals surface area contributed by atoms with Crippen LogP contribution in [0.3, 0.4) is 0 Å². The first kappa shape index (κ1) is 21.9. The highest BCUT2D eigenvalue weighted by Gasteiger charge is 2.16. The van der Waals surface area contributed by atoms with E-state index in [1.807, 2.05) is 42.5 Å². The number of carbonyl (C=O) groups excluding carboxylic acids is 1. The van der Waals surface area contributed by atoms with E-state index in [0.717, 1.165) is 22.5 Å². The number of hydrogen-bond donors (Lipinski definition) is 1. The molecule has 0 spiro atoms. The average molecular weight is 453 g/mol. The van der Waals surface area contributed by atoms with Crippen LogP contribution in [0.5, 0.6) is 0 Å². The molecule has 0 unspecified atom stereocenters. The van der Waals surface area contributed by atoms with Gasteiger partial charge in [-0.2, -0.15) is 5.26 Å². The molecule has 7 heteroatoms. The topological polar surface area (TPSA) is 87.8 Å². The quantitative estimate of drug-likeness (QED) is 0.486. The van der Waals surface area contributed by atoms with Crippen molar-refractivity contribution in [2.45, 2.75) is 6.42 Å². The Morgan fingerprint density at radius 1 is 1.03 bits per heavy atom. The number of nitriles is 1. The van der Waals surface area contributed by atoms with Crippen molar-refractivity contribution in [2.75, 3.05) is 6.54 Å². The van der Waals surface area contributed by atoms with Crippen LogP contribution in [0.1, 0.15) is 11.1 Å². The number of amides is 1. The summed E-state index contributed by atoms with van der Waals surface area (Å²) < 4.78 is 2.14. The van der Waals surface area contributed by atoms with Gasteiger partial charge in [0, 0.05) is 18.9 Å². The molecule has 0 atom stereocenters. The zero-order valence-electron chi connectivity index (χ0n) is 17.6. The van der Waals surface area contributed by atoms with E-state index in [0.29, 0.717) is 27.8 Å². The molecule has 1 amide bonds. The molecular formula is C26H20N4O2S. The lowest BCUT2D eigenvalue weighted by atomic mass is 10.1. The van der Waals surface area contributed by atoms with E-state index >= 15 is 0 Å². The van der Waals surface area contributed by atoms with Gasteiger partial charge in [0.15, 0.2) is 5.57 Å². The summed E-state index contributed by atoms with van der Waals surface area (Å²) >= 11 is 1.12. The lowest BCUT2D eigenvalue weighted by Crippen LogP contribution is -2.34. The van der Waals surface area contributed by atoms with Gasteiger partial charge < -0.3 is 5.32 Å². The Morgan fingerprint density at radius 3 is 2.36 bits per heavy atom. The van der Waals surface area contributed by atoms with Crippen LogP contribution >= 0.6 is 11.3 Å². The van der Waals surface area contributed by atoms with Crippen molar-refractivity contribution in [2.24, 2.45) is 0 Å². The summed E-state index contributed by atoms with van der Waals surface area (Å²) in [5.74, 6) is -0.505. The fraction of sp³-hybridized carbons (Fsp3) is 0.0769. The van der Waals surface area contributed by atoms with Crippen molar-refractivity contribution in [1.82, 2.24) is 14.9 Å². The summed E-state index contributed by atoms with van der Waals surface area (Å²) in [5.41, 5.74) is 2.10. The van der Waals surface area contributed by atoms with Crippen LogP contribution < -0.4 is 20.1 Å². The zero-order chi connectivity index (χ0) is 23.0. The molecule has 0 aliphatic carbocycles. The van der Waals surface area contributed by atoms with E-state index < -0.39 is 5.91 Å². The fourth-order valence-corrected chi connectivity index (χ4v) is 4.42. The molecule has 1 N–H and O–H groups in total. The first-order chi connectivity index (χ1) is 16.2. The first-order valence-corrected chi connectivity index (χ1v) is 11.1. The van der Waals surface area contributed by atoms with Crippen LogP contribution in [0.25, 0.3) is 17.3 Å². The molecule has 4 rings (SSSR count). The molecule has 0 aliphatic rings. The third kappa shape index (κ3) is 5.14. The molecule has 2 aromatic carbocycles. The zero-order valence-corrected chi connectivity index (χ0v) is 18.5. The largest absolute Gasteiger partial charge is 0.351 e. The Labute approximate surface area is 194 Å². The van der Waals surface area contributed by atoms with Crippen LogP contribution in [-0.2, 0) is 11.2 Å². The normalized spacial score (nSPS) is 12.2. The van der Waals surface area contributed by atoms with Gasteiger partial charge in [0.1, 0.15) is 10.7 Å². The summed E-state index contributed by atoms with van der Waals surface area (Å²) in [7, 11) is 0. The smallest absolute Gasteiger partial charge is 0.273 e. The van der Waals surface area contributed by atoms with Gasteiger partial charge in [-0.1, -0.05) is 48.5 Å². The predicted octanol–water partition coefficient (Wildman–Crippen LogP) is 2.16. The number of hydrogen-bond acceptors (Lipinski definition) is 5. The minimum Gasteiger partial charge on any atom is -0.351 e. The molecule has 0 fully saturated rings. The Kier molecular flexibility index (Phi) is 6.88. The fourth-order valence-electron chi connectivity index (χ4n) is 3.32. The maximum atomic E-state index is 13.3. The molecule has 0 radical (unpaired) electrons. The van der Waals surface area contributed by atoms with E-state index in [1.165, 1.54) is 4.57 Å². The number of nitrogens with zero attached hydrogens (tertiary/aromatic N) is 3. The molecule has 162 valence electrons. The van der Waals surface area contributed by atoms with Gasteiger partial charge in [0.2, 0.25) is 0 Å². The van der Waals surface area contributed by atoms with Crippen molar-refractivity contribution in [1.29, 1.82) is 5.26 Å². The van der Waals surface area contributed by atoms with E-state index in [4.69, 9.17) is 0 Å². The molecule has 2 heterocycles. The molecule has 0 saturated heterocycles. The Hall–Kier alpha value is -4.28. The van der Waals surface area contributed by atoms with Gasteiger partial charge in [-0.15, -0.1) is 11.3 Å². The molecule has 0 saturated carbocycles. The Balaban J connectivity index is 1.79. The van der Waals surface area contributed by atoms with Crippen molar-refractivity contribution in [3.63, 3.8) is 0 Å². The molecule has 0 aliphatic heterocycles. The Morgan fingerprint density at radius 2 is 1.70 bits per heavy atom. The number of thiazole rings is 1. The van der Waals surface area contributed by atoms with Crippen LogP contribution in [0, 0.1) is 11.3 Å². The highest BCUT2D eigenvalue weighted by Crippen LogP contribution is 2.04. The molecule has 33 heavy (non-hydrogen) atoms. The second-order valence-corrected chi connectivity index (χ2v) is 8.18. The third-order valence-electron chi connectivity index (χ3n) is 4.94. The highest BCUT2D eigenvalue weighted by atomic mass is 32.1. The van der Waals surface area contributed by atoms with E-state index in [9.17, 15) is 14.9 Å². The minimum atomic E-state index is -0.505. The number of carbonyl (C=O) groups is 1. The summed E-state index contributed by atoms with van der Waals surface area (Å²) in [4.78, 5) is 30.2. The molecule has 4 aromatic rings. The van der Waals surface area contributed by atoms with Gasteiger partial charge in [-0.25, -0.2) is 0 Å². The number of para-hydroxylation sites is 1. The molecular weight excluding hydrogens is 432 g/mol. The van der Waals surface area contributed by atoms with Crippen LogP contribution in [-0.4, -0.2) is 22.0 Å². The van der Waals surface area contributed by atoms with E-state index in [1.54, 1.807) is 54.9 Å². The summed E-state index contributed by atoms with van der Waals surface area (Å²) in [6.45, 7) is 0.380. The minimum absolute atomic E-state index is 0.0941. The maximum absolute atomic E-state index is 13.3. The van der Waals surface area contributed by atoms with E-state index in [-0.39, 0.29) is 11.1 Å². The van der Waals surface area contributed by atoms with Gasteiger partial charge in [0.05, 0.1) is 10.2 Å². The van der Waals surface area contributed by atoms with Crippen LogP contribution in [0.15, 0.2) is 90.0 Å². The SMILES string of the molecule is N#C/C(C(=O)NCCc1ccccc1)=c1\s/c(=C/c2ccncc2)c(=O)n1-c1ccccc1. The second-order valence-electron chi connectivity index (χ2n) is 7.15. The molecule has 2 aromatic heterocycles. The standard InChI is InChI=1S/C26H20N4O2S/c27-18-22(24(31)29-16-13-19-7-3-1-4-8-19)26-30(21-9-5-2-6-10-21)25(32)23(33-26)17-20-11-14-28-15-12-20/h1-12,14-15,17H,13,16H2,(H,29,31)/b23-17+,26-22+. The summed E-state index contributed by atoms with van der Waals surface area (Å²) in [5, 5.41) is 12.7. The van der Waals surface area contributed by atoms with Crippen molar-refractivity contribution in [3.8, 4) is 11.8 Å². The van der Waals surface area contributed by atoms with Crippen molar-refractivity contribution in [3.05, 3.63) is 116 Å². The second kappa shape index (κ2) is 10.4. The summed E-state index contributed by atoms with van der Waals surface area (Å²) in [6, 6.07) is 24.4. The van der Waals surface area contributed by atoms with Crippen molar-refractivity contribution >= 4 is 28.9 Å². The number of pyridine rings is 1. The highest BCUT2D eigenvalue weighted by molar-refractivity contribution is 7.07. The Bertz CT molecular complexity index is 1470. The summed E-state index contributed by atoms with van der Waals surface area (Å²) in [6.07, 6.45) is 5.66. The van der Waals surface area contributed by atoms with Gasteiger partial charge in [0.25, 0.3) is 11.5 Å². The van der Waals surface area contributed by atoms with Gasteiger partial charge in [-0.3, -0.25) is 19.1 Å². The number of benzene rings is 2. The van der Waals surface area contributed by atoms with Gasteiger partial charge in [-0.05, 0) is 47.9 Å². The van der Waals surface area contributed by atoms with Crippen LogP contribution in [0.2, 0.25) is 0 Å². The molecule has 6 nitrogen and oxygen atoms in total. The third-order valence-corrected chi connectivity index (χ3v) is 6.03. The number of rotatable bonds is 6. The predicted molar refractivity (Wildman–Crippen MR) is 129 cm³/mol. The lowest BCUT2D eigenvalue weighted by Gasteiger charge is -2.06. The monoisotopic (exact) mass is 452 g/mol. The molecule has 0 bridgehead atoms.